The molecule has 0 radical (unpaired) electrons. The van der Waals surface area contributed by atoms with Crippen molar-refractivity contribution in [3.05, 3.63) is 55.0 Å². The molecule has 0 N–H and O–H groups in total. The summed E-state index contributed by atoms with van der Waals surface area (Å²) in [5, 5.41) is 13.6. The van der Waals surface area contributed by atoms with Crippen LogP contribution in [0.4, 0.5) is 5.82 Å². The normalized spacial score (nSPS) is 18.3. The van der Waals surface area contributed by atoms with Crippen LogP contribution in [0.15, 0.2) is 49.4 Å². The van der Waals surface area contributed by atoms with Gasteiger partial charge in [-0.3, -0.25) is 9.59 Å². The third-order valence-electron chi connectivity index (χ3n) is 7.46. The number of likely N-dealkylation sites (tertiary alicyclic amines) is 2. The van der Waals surface area contributed by atoms with Gasteiger partial charge in [0, 0.05) is 68.2 Å². The first kappa shape index (κ1) is 22.1. The summed E-state index contributed by atoms with van der Waals surface area (Å²) in [6, 6.07) is 8.06. The van der Waals surface area contributed by atoms with Gasteiger partial charge in [-0.2, -0.15) is 10.4 Å². The molecule has 1 spiro atoms. The maximum Gasteiger partial charge on any atom is 0.246 e. The van der Waals surface area contributed by atoms with Crippen molar-refractivity contribution in [3.8, 4) is 22.9 Å². The maximum atomic E-state index is 12.7. The Morgan fingerprint density at radius 1 is 1.17 bits per heavy atom. The van der Waals surface area contributed by atoms with Gasteiger partial charge in [0.05, 0.1) is 19.2 Å². The quantitative estimate of drug-likeness (QED) is 0.507. The van der Waals surface area contributed by atoms with Crippen LogP contribution in [0.2, 0.25) is 0 Å². The lowest BCUT2D eigenvalue weighted by atomic mass is 9.72. The van der Waals surface area contributed by atoms with Crippen LogP contribution in [-0.2, 0) is 9.59 Å². The van der Waals surface area contributed by atoms with Crippen LogP contribution in [-0.4, -0.2) is 82.6 Å². The average molecular weight is 484 g/mol. The first-order chi connectivity index (χ1) is 17.4. The monoisotopic (exact) mass is 483 g/mol. The van der Waals surface area contributed by atoms with Gasteiger partial charge in [-0.1, -0.05) is 6.58 Å². The lowest BCUT2D eigenvalue weighted by molar-refractivity contribution is -0.157. The Kier molecular flexibility index (Phi) is 4.96. The molecule has 3 aromatic rings. The second-order valence-electron chi connectivity index (χ2n) is 9.86. The largest absolute Gasteiger partial charge is 0.494 e. The number of hydrogen-bond donors (Lipinski definition) is 0. The van der Waals surface area contributed by atoms with E-state index in [1.807, 2.05) is 35.5 Å². The van der Waals surface area contributed by atoms with Gasteiger partial charge < -0.3 is 19.4 Å². The number of anilines is 1. The van der Waals surface area contributed by atoms with Gasteiger partial charge in [-0.15, -0.1) is 0 Å². The van der Waals surface area contributed by atoms with Crippen molar-refractivity contribution in [1.29, 1.82) is 5.26 Å². The SMILES string of the molecule is C=CC(=O)N1CC(C(=O)N2CC3(C2)CN(c2ccc(-c4cc(OC)c5c(C#N)cnn5c4)cn2)C3)C1. The maximum absolute atomic E-state index is 12.7. The predicted molar refractivity (Wildman–Crippen MR) is 131 cm³/mol. The highest BCUT2D eigenvalue weighted by molar-refractivity contribution is 5.90. The fraction of sp³-hybridized carbons (Fsp3) is 0.346. The van der Waals surface area contributed by atoms with E-state index in [2.05, 4.69) is 27.6 Å². The number of rotatable bonds is 5. The lowest BCUT2D eigenvalue weighted by Crippen LogP contribution is -2.74. The molecule has 0 saturated carbocycles. The number of carbonyl (C=O) groups excluding carboxylic acids is 2. The number of methoxy groups -OCH3 is 1. The molecule has 2 amide bonds. The highest BCUT2D eigenvalue weighted by atomic mass is 16.5. The van der Waals surface area contributed by atoms with Crippen molar-refractivity contribution in [2.24, 2.45) is 11.3 Å². The lowest BCUT2D eigenvalue weighted by Gasteiger charge is -2.61. The Morgan fingerprint density at radius 2 is 1.94 bits per heavy atom. The van der Waals surface area contributed by atoms with Gasteiger partial charge in [-0.05, 0) is 24.3 Å². The van der Waals surface area contributed by atoms with Gasteiger partial charge in [0.1, 0.15) is 28.7 Å². The molecule has 10 heteroatoms. The molecule has 10 nitrogen and oxygen atoms in total. The molecule has 0 unspecified atom stereocenters. The molecule has 3 aliphatic rings. The van der Waals surface area contributed by atoms with Gasteiger partial charge in [-0.25, -0.2) is 9.50 Å². The number of nitrogens with zero attached hydrogens (tertiary/aromatic N) is 7. The summed E-state index contributed by atoms with van der Waals surface area (Å²) in [7, 11) is 1.58. The van der Waals surface area contributed by atoms with Crippen molar-refractivity contribution in [2.75, 3.05) is 51.3 Å². The van der Waals surface area contributed by atoms with E-state index >= 15 is 0 Å². The van der Waals surface area contributed by atoms with Crippen LogP contribution < -0.4 is 9.64 Å². The van der Waals surface area contributed by atoms with Gasteiger partial charge in [0.25, 0.3) is 0 Å². The van der Waals surface area contributed by atoms with E-state index in [-0.39, 0.29) is 23.1 Å². The number of fused-ring (bicyclic) bond motifs is 1. The summed E-state index contributed by atoms with van der Waals surface area (Å²) in [6.45, 7) is 7.76. The number of amides is 2. The summed E-state index contributed by atoms with van der Waals surface area (Å²) >= 11 is 0. The highest BCUT2D eigenvalue weighted by Crippen LogP contribution is 2.42. The molecule has 0 bridgehead atoms. The fourth-order valence-electron chi connectivity index (χ4n) is 5.47. The predicted octanol–water partition coefficient (Wildman–Crippen LogP) is 1.57. The second kappa shape index (κ2) is 8.09. The molecule has 0 aliphatic carbocycles. The van der Waals surface area contributed by atoms with Crippen LogP contribution in [0.5, 0.6) is 5.75 Å². The number of hydrogen-bond acceptors (Lipinski definition) is 7. The van der Waals surface area contributed by atoms with Crippen molar-refractivity contribution in [2.45, 2.75) is 0 Å². The average Bonchev–Trinajstić information content (AvgIpc) is 3.24. The molecule has 0 aromatic carbocycles. The zero-order valence-electron chi connectivity index (χ0n) is 19.9. The summed E-state index contributed by atoms with van der Waals surface area (Å²) in [6.07, 6.45) is 6.52. The fourth-order valence-corrected chi connectivity index (χ4v) is 5.47. The van der Waals surface area contributed by atoms with Crippen LogP contribution >= 0.6 is 0 Å². The van der Waals surface area contributed by atoms with E-state index in [1.54, 1.807) is 16.5 Å². The number of nitriles is 1. The number of ether oxygens (including phenoxy) is 1. The van der Waals surface area contributed by atoms with Crippen LogP contribution in [0.1, 0.15) is 5.56 Å². The molecule has 6 rings (SSSR count). The molecule has 6 heterocycles. The van der Waals surface area contributed by atoms with Crippen molar-refractivity contribution in [1.82, 2.24) is 24.4 Å². The molecule has 3 saturated heterocycles. The molecule has 3 aliphatic heterocycles. The van der Waals surface area contributed by atoms with Crippen LogP contribution in [0.3, 0.4) is 0 Å². The van der Waals surface area contributed by atoms with Crippen molar-refractivity contribution >= 4 is 23.1 Å². The molecule has 3 aromatic heterocycles. The Balaban J connectivity index is 1.07. The topological polar surface area (TPSA) is 107 Å². The Bertz CT molecular complexity index is 1420. The third kappa shape index (κ3) is 3.39. The Hall–Kier alpha value is -4.39. The van der Waals surface area contributed by atoms with Crippen LogP contribution in [0, 0.1) is 22.7 Å². The summed E-state index contributed by atoms with van der Waals surface area (Å²) < 4.78 is 7.16. The zero-order valence-corrected chi connectivity index (χ0v) is 19.9. The van der Waals surface area contributed by atoms with E-state index < -0.39 is 0 Å². The first-order valence-electron chi connectivity index (χ1n) is 11.8. The number of pyridine rings is 2. The molecular weight excluding hydrogens is 458 g/mol. The summed E-state index contributed by atoms with van der Waals surface area (Å²) in [4.78, 5) is 34.7. The van der Waals surface area contributed by atoms with Crippen molar-refractivity contribution < 1.29 is 14.3 Å². The molecule has 3 fully saturated rings. The highest BCUT2D eigenvalue weighted by Gasteiger charge is 2.55. The molecular formula is C26H25N7O3. The summed E-state index contributed by atoms with van der Waals surface area (Å²) in [5.74, 6) is 1.46. The van der Waals surface area contributed by atoms with Gasteiger partial charge in [0.2, 0.25) is 11.8 Å². The number of carbonyl (C=O) groups is 2. The van der Waals surface area contributed by atoms with Gasteiger partial charge in [0.15, 0.2) is 0 Å². The minimum Gasteiger partial charge on any atom is -0.494 e. The molecule has 182 valence electrons. The standard InChI is InChI=1S/C26H25N7O3/c1-3-23(34)30-10-20(11-30)25(35)32-15-26(16-32)13-31(14-26)22-5-4-17(8-28-22)18-6-21(36-2)24-19(7-27)9-29-33(24)12-18/h3-6,8-9,12,20H,1,10-11,13-16H2,2H3. The van der Waals surface area contributed by atoms with Crippen molar-refractivity contribution in [3.63, 3.8) is 0 Å². The summed E-state index contributed by atoms with van der Waals surface area (Å²) in [5.41, 5.74) is 3.07. The van der Waals surface area contributed by atoms with E-state index in [9.17, 15) is 14.9 Å². The van der Waals surface area contributed by atoms with E-state index in [1.165, 1.54) is 12.3 Å². The first-order valence-corrected chi connectivity index (χ1v) is 11.8. The van der Waals surface area contributed by atoms with Crippen LogP contribution in [0.25, 0.3) is 16.6 Å². The van der Waals surface area contributed by atoms with Gasteiger partial charge >= 0.3 is 0 Å². The Morgan fingerprint density at radius 3 is 2.58 bits per heavy atom. The van der Waals surface area contributed by atoms with E-state index in [0.29, 0.717) is 29.9 Å². The smallest absolute Gasteiger partial charge is 0.246 e. The molecule has 0 atom stereocenters. The van der Waals surface area contributed by atoms with E-state index in [4.69, 9.17) is 4.74 Å². The third-order valence-corrected chi connectivity index (χ3v) is 7.46. The minimum absolute atomic E-state index is 0.0808. The Labute approximate surface area is 208 Å². The number of aromatic nitrogens is 3. The minimum atomic E-state index is -0.110. The molecule has 36 heavy (non-hydrogen) atoms. The second-order valence-corrected chi connectivity index (χ2v) is 9.86. The zero-order chi connectivity index (χ0) is 25.0. The van der Waals surface area contributed by atoms with E-state index in [0.717, 1.165) is 43.1 Å².